The minimum absolute atomic E-state index is 0.0672. The van der Waals surface area contributed by atoms with Crippen LogP contribution < -0.4 is 10.1 Å². The van der Waals surface area contributed by atoms with Gasteiger partial charge in [-0.2, -0.15) is 0 Å². The van der Waals surface area contributed by atoms with Crippen molar-refractivity contribution in [1.82, 2.24) is 25.0 Å². The molecule has 2 fully saturated rings. The molecular formula is C23H27F2N5O3. The number of halogens is 2. The number of aryl methyl sites for hydroxylation is 1. The number of aromatic nitrogens is 3. The lowest BCUT2D eigenvalue weighted by Gasteiger charge is -2.27. The van der Waals surface area contributed by atoms with Gasteiger partial charge in [-0.05, 0) is 55.6 Å². The van der Waals surface area contributed by atoms with E-state index in [-0.39, 0.29) is 29.6 Å². The summed E-state index contributed by atoms with van der Waals surface area (Å²) in [6, 6.07) is 2.92. The number of ether oxygens (including phenoxy) is 1. The maximum atomic E-state index is 13.7. The molecule has 2 aliphatic heterocycles. The van der Waals surface area contributed by atoms with Gasteiger partial charge in [0, 0.05) is 38.7 Å². The van der Waals surface area contributed by atoms with Gasteiger partial charge in [-0.25, -0.2) is 8.78 Å². The van der Waals surface area contributed by atoms with E-state index in [1.165, 1.54) is 0 Å². The first-order chi connectivity index (χ1) is 15.9. The molecule has 1 unspecified atom stereocenters. The third-order valence-corrected chi connectivity index (χ3v) is 7.06. The topological polar surface area (TPSA) is 89.4 Å². The van der Waals surface area contributed by atoms with E-state index >= 15 is 0 Å². The van der Waals surface area contributed by atoms with Crippen LogP contribution in [-0.4, -0.2) is 57.7 Å². The average molecular weight is 459 g/mol. The van der Waals surface area contributed by atoms with Crippen molar-refractivity contribution in [3.05, 3.63) is 41.5 Å². The third-order valence-electron chi connectivity index (χ3n) is 7.06. The fraction of sp³-hybridized carbons (Fsp3) is 0.565. The predicted octanol–water partition coefficient (Wildman–Crippen LogP) is 2.33. The van der Waals surface area contributed by atoms with Crippen molar-refractivity contribution in [2.24, 2.45) is 11.3 Å². The summed E-state index contributed by atoms with van der Waals surface area (Å²) in [5, 5.41) is 11.3. The van der Waals surface area contributed by atoms with Crippen LogP contribution in [-0.2, 0) is 17.8 Å². The molecule has 8 nitrogen and oxygen atoms in total. The Labute approximate surface area is 190 Å². The zero-order valence-electron chi connectivity index (χ0n) is 18.4. The summed E-state index contributed by atoms with van der Waals surface area (Å²) in [6.45, 7) is 2.13. The largest absolute Gasteiger partial charge is 0.481 e. The molecule has 1 spiro atoms. The summed E-state index contributed by atoms with van der Waals surface area (Å²) < 4.78 is 34.2. The Balaban J connectivity index is 1.18. The first kappa shape index (κ1) is 21.8. The van der Waals surface area contributed by atoms with E-state index in [0.29, 0.717) is 44.3 Å². The van der Waals surface area contributed by atoms with Gasteiger partial charge in [0.1, 0.15) is 11.6 Å². The Bertz CT molecular complexity index is 1070. The van der Waals surface area contributed by atoms with Gasteiger partial charge in [-0.15, -0.1) is 10.2 Å². The fourth-order valence-electron chi connectivity index (χ4n) is 4.79. The Morgan fingerprint density at radius 2 is 1.97 bits per heavy atom. The zero-order valence-corrected chi connectivity index (χ0v) is 18.4. The molecule has 10 heteroatoms. The van der Waals surface area contributed by atoms with Crippen molar-refractivity contribution in [2.75, 3.05) is 26.2 Å². The molecule has 0 radical (unpaired) electrons. The highest BCUT2D eigenvalue weighted by molar-refractivity contribution is 5.90. The lowest BCUT2D eigenvalue weighted by Crippen LogP contribution is -2.35. The highest BCUT2D eigenvalue weighted by atomic mass is 19.1. The van der Waals surface area contributed by atoms with Gasteiger partial charge >= 0.3 is 0 Å². The van der Waals surface area contributed by atoms with Crippen LogP contribution in [0.15, 0.2) is 18.2 Å². The van der Waals surface area contributed by atoms with E-state index in [2.05, 4.69) is 15.5 Å². The van der Waals surface area contributed by atoms with Crippen LogP contribution in [0.4, 0.5) is 8.78 Å². The Morgan fingerprint density at radius 3 is 2.79 bits per heavy atom. The van der Waals surface area contributed by atoms with Crippen LogP contribution >= 0.6 is 0 Å². The number of rotatable bonds is 6. The smallest absolute Gasteiger partial charge is 0.289 e. The molecule has 3 aliphatic rings. The number of amides is 2. The van der Waals surface area contributed by atoms with E-state index in [1.807, 2.05) is 4.57 Å². The van der Waals surface area contributed by atoms with Crippen molar-refractivity contribution >= 4 is 11.8 Å². The van der Waals surface area contributed by atoms with Crippen LogP contribution in [0, 0.1) is 23.0 Å². The SMILES string of the molecule is O=C(NCC1CC1)c1nnc2n1CCC1(CC2)CCN(C(=O)COc2cc(F)ccc2F)C1. The zero-order chi connectivity index (χ0) is 23.0. The summed E-state index contributed by atoms with van der Waals surface area (Å²) in [5.41, 5.74) is -0.0672. The van der Waals surface area contributed by atoms with Gasteiger partial charge in [-0.1, -0.05) is 0 Å². The van der Waals surface area contributed by atoms with E-state index in [4.69, 9.17) is 4.74 Å². The van der Waals surface area contributed by atoms with Crippen LogP contribution in [0.2, 0.25) is 0 Å². The Hall–Kier alpha value is -3.04. The second kappa shape index (κ2) is 8.72. The molecule has 5 rings (SSSR count). The predicted molar refractivity (Wildman–Crippen MR) is 114 cm³/mol. The summed E-state index contributed by atoms with van der Waals surface area (Å²) in [4.78, 5) is 27.0. The second-order valence-corrected chi connectivity index (χ2v) is 9.42. The van der Waals surface area contributed by atoms with Gasteiger partial charge in [0.05, 0.1) is 0 Å². The second-order valence-electron chi connectivity index (χ2n) is 9.42. The molecular weight excluding hydrogens is 432 g/mol. The molecule has 1 aliphatic carbocycles. The maximum absolute atomic E-state index is 13.7. The average Bonchev–Trinajstić information content (AvgIpc) is 3.45. The molecule has 1 aromatic carbocycles. The van der Waals surface area contributed by atoms with E-state index < -0.39 is 11.6 Å². The summed E-state index contributed by atoms with van der Waals surface area (Å²) in [6.07, 6.45) is 5.52. The first-order valence-electron chi connectivity index (χ1n) is 11.5. The van der Waals surface area contributed by atoms with Crippen molar-refractivity contribution in [1.29, 1.82) is 0 Å². The lowest BCUT2D eigenvalue weighted by atomic mass is 9.80. The minimum Gasteiger partial charge on any atom is -0.481 e. The maximum Gasteiger partial charge on any atom is 0.289 e. The molecule has 1 saturated carbocycles. The quantitative estimate of drug-likeness (QED) is 0.716. The monoisotopic (exact) mass is 459 g/mol. The number of hydrogen-bond acceptors (Lipinski definition) is 5. The number of hydrogen-bond donors (Lipinski definition) is 1. The van der Waals surface area contributed by atoms with Gasteiger partial charge < -0.3 is 19.5 Å². The first-order valence-corrected chi connectivity index (χ1v) is 11.5. The molecule has 1 saturated heterocycles. The molecule has 1 atom stereocenters. The van der Waals surface area contributed by atoms with Crippen LogP contribution in [0.3, 0.4) is 0 Å². The molecule has 0 bridgehead atoms. The number of nitrogens with one attached hydrogen (secondary N) is 1. The molecule has 1 aromatic heterocycles. The molecule has 3 heterocycles. The lowest BCUT2D eigenvalue weighted by molar-refractivity contribution is -0.132. The Morgan fingerprint density at radius 1 is 1.15 bits per heavy atom. The number of likely N-dealkylation sites (tertiary alicyclic amines) is 1. The van der Waals surface area contributed by atoms with Crippen LogP contribution in [0.1, 0.15) is 48.5 Å². The van der Waals surface area contributed by atoms with E-state index in [0.717, 1.165) is 56.1 Å². The molecule has 2 amide bonds. The normalized spacial score (nSPS) is 22.2. The number of benzene rings is 1. The third kappa shape index (κ3) is 4.69. The van der Waals surface area contributed by atoms with Crippen molar-refractivity contribution in [3.63, 3.8) is 0 Å². The van der Waals surface area contributed by atoms with Gasteiger partial charge in [0.2, 0.25) is 5.82 Å². The fourth-order valence-corrected chi connectivity index (χ4v) is 4.79. The number of carbonyl (C=O) groups excluding carboxylic acids is 2. The molecule has 176 valence electrons. The highest BCUT2D eigenvalue weighted by Gasteiger charge is 2.41. The molecule has 1 N–H and O–H groups in total. The molecule has 2 aromatic rings. The van der Waals surface area contributed by atoms with Gasteiger partial charge in [0.15, 0.2) is 18.2 Å². The van der Waals surface area contributed by atoms with Crippen molar-refractivity contribution in [2.45, 2.75) is 45.1 Å². The Kier molecular flexibility index (Phi) is 5.76. The summed E-state index contributed by atoms with van der Waals surface area (Å²) >= 11 is 0. The number of nitrogens with zero attached hydrogens (tertiary/aromatic N) is 4. The van der Waals surface area contributed by atoms with Crippen molar-refractivity contribution in [3.8, 4) is 5.75 Å². The number of carbonyl (C=O) groups is 2. The number of fused-ring (bicyclic) bond motifs is 1. The highest BCUT2D eigenvalue weighted by Crippen LogP contribution is 2.41. The summed E-state index contributed by atoms with van der Waals surface area (Å²) in [5.74, 6) is -0.265. The van der Waals surface area contributed by atoms with Gasteiger partial charge in [-0.3, -0.25) is 9.59 Å². The van der Waals surface area contributed by atoms with E-state index in [1.54, 1.807) is 4.90 Å². The molecule has 33 heavy (non-hydrogen) atoms. The van der Waals surface area contributed by atoms with Crippen LogP contribution in [0.25, 0.3) is 0 Å². The van der Waals surface area contributed by atoms with E-state index in [9.17, 15) is 18.4 Å². The van der Waals surface area contributed by atoms with Gasteiger partial charge in [0.25, 0.3) is 11.8 Å². The van der Waals surface area contributed by atoms with Crippen molar-refractivity contribution < 1.29 is 23.1 Å². The minimum atomic E-state index is -0.703. The standard InChI is InChI=1S/C23H27F2N5O3/c24-16-3-4-17(25)18(11-16)33-13-20(31)29-9-7-23(14-29)6-5-19-27-28-21(30(19)10-8-23)22(32)26-12-15-1-2-15/h3-4,11,15H,1-2,5-10,12-14H2,(H,26,32). The summed E-state index contributed by atoms with van der Waals surface area (Å²) in [7, 11) is 0. The van der Waals surface area contributed by atoms with Crippen LogP contribution in [0.5, 0.6) is 5.75 Å².